The lowest BCUT2D eigenvalue weighted by atomic mass is 10.1. The molecular weight excluding hydrogens is 392 g/mol. The Balaban J connectivity index is 1.43. The molecule has 0 unspecified atom stereocenters. The van der Waals surface area contributed by atoms with Crippen LogP contribution < -0.4 is 10.1 Å². The molecule has 1 N–H and O–H groups in total. The summed E-state index contributed by atoms with van der Waals surface area (Å²) in [5.41, 5.74) is 4.92. The smallest absolute Gasteiger partial charge is 0.278 e. The summed E-state index contributed by atoms with van der Waals surface area (Å²) in [6.45, 7) is 6.65. The summed E-state index contributed by atoms with van der Waals surface area (Å²) in [6, 6.07) is 15.9. The second-order valence-corrected chi connectivity index (χ2v) is 7.47. The van der Waals surface area contributed by atoms with E-state index in [0.717, 1.165) is 11.3 Å². The van der Waals surface area contributed by atoms with Crippen LogP contribution in [0.25, 0.3) is 0 Å². The van der Waals surface area contributed by atoms with Crippen molar-refractivity contribution in [2.75, 3.05) is 5.32 Å². The van der Waals surface area contributed by atoms with E-state index in [1.165, 1.54) is 11.1 Å². The number of rotatable bonds is 7. The van der Waals surface area contributed by atoms with Crippen LogP contribution in [-0.4, -0.2) is 20.8 Å². The Morgan fingerprint density at radius 2 is 1.87 bits per heavy atom. The van der Waals surface area contributed by atoms with Gasteiger partial charge in [0.25, 0.3) is 5.91 Å². The molecule has 2 heterocycles. The third kappa shape index (κ3) is 4.83. The van der Waals surface area contributed by atoms with Gasteiger partial charge in [-0.2, -0.15) is 5.10 Å². The second kappa shape index (κ2) is 8.87. The summed E-state index contributed by atoms with van der Waals surface area (Å²) in [4.78, 5) is 12.8. The zero-order chi connectivity index (χ0) is 21.8. The predicted molar refractivity (Wildman–Crippen MR) is 117 cm³/mol. The molecule has 4 aromatic rings. The van der Waals surface area contributed by atoms with Crippen molar-refractivity contribution in [1.29, 1.82) is 0 Å². The lowest BCUT2D eigenvalue weighted by Crippen LogP contribution is -2.15. The number of hydrogen-bond donors (Lipinski definition) is 1. The fourth-order valence-corrected chi connectivity index (χ4v) is 3.20. The molecule has 1 amide bonds. The van der Waals surface area contributed by atoms with Gasteiger partial charge in [0.05, 0.1) is 24.0 Å². The number of benzene rings is 2. The number of amides is 1. The van der Waals surface area contributed by atoms with Crippen molar-refractivity contribution in [3.8, 4) is 5.75 Å². The maximum atomic E-state index is 12.8. The van der Waals surface area contributed by atoms with Crippen molar-refractivity contribution in [1.82, 2.24) is 14.9 Å². The number of nitrogens with zero attached hydrogens (tertiary/aromatic N) is 3. The van der Waals surface area contributed by atoms with Crippen LogP contribution in [0, 0.1) is 20.8 Å². The zero-order valence-corrected chi connectivity index (χ0v) is 17.8. The zero-order valence-electron chi connectivity index (χ0n) is 17.8. The van der Waals surface area contributed by atoms with Crippen molar-refractivity contribution in [3.63, 3.8) is 0 Å². The number of hydrogen-bond acceptors (Lipinski definition) is 5. The minimum atomic E-state index is -0.366. The van der Waals surface area contributed by atoms with E-state index in [0.29, 0.717) is 23.6 Å². The Hall–Kier alpha value is -3.87. The minimum Gasteiger partial charge on any atom is -0.489 e. The van der Waals surface area contributed by atoms with E-state index in [4.69, 9.17) is 9.26 Å². The third-order valence-corrected chi connectivity index (χ3v) is 5.09. The maximum absolute atomic E-state index is 12.8. The largest absolute Gasteiger partial charge is 0.489 e. The van der Waals surface area contributed by atoms with E-state index in [-0.39, 0.29) is 18.2 Å². The Labute approximate surface area is 180 Å². The van der Waals surface area contributed by atoms with Gasteiger partial charge in [-0.05, 0) is 44.0 Å². The molecule has 0 aliphatic heterocycles. The quantitative estimate of drug-likeness (QED) is 0.473. The minimum absolute atomic E-state index is 0.188. The Kier molecular flexibility index (Phi) is 5.84. The molecule has 0 bridgehead atoms. The summed E-state index contributed by atoms with van der Waals surface area (Å²) in [7, 11) is 0. The van der Waals surface area contributed by atoms with Gasteiger partial charge in [0, 0.05) is 6.20 Å². The van der Waals surface area contributed by atoms with Gasteiger partial charge in [-0.3, -0.25) is 9.48 Å². The van der Waals surface area contributed by atoms with Crippen LogP contribution in [0.1, 0.15) is 38.5 Å². The summed E-state index contributed by atoms with van der Waals surface area (Å²) < 4.78 is 12.8. The van der Waals surface area contributed by atoms with E-state index in [1.807, 2.05) is 43.3 Å². The molecule has 0 saturated carbocycles. The molecule has 0 aliphatic carbocycles. The van der Waals surface area contributed by atoms with Crippen molar-refractivity contribution in [2.45, 2.75) is 33.9 Å². The number of nitrogens with one attached hydrogen (secondary N) is 1. The third-order valence-electron chi connectivity index (χ3n) is 5.09. The topological polar surface area (TPSA) is 82.2 Å². The normalized spacial score (nSPS) is 10.8. The highest BCUT2D eigenvalue weighted by molar-refractivity contribution is 6.03. The second-order valence-electron chi connectivity index (χ2n) is 7.47. The van der Waals surface area contributed by atoms with Crippen molar-refractivity contribution >= 4 is 11.6 Å². The molecule has 0 aliphatic rings. The highest BCUT2D eigenvalue weighted by Crippen LogP contribution is 2.20. The first-order valence-corrected chi connectivity index (χ1v) is 10.0. The lowest BCUT2D eigenvalue weighted by Gasteiger charge is -2.07. The average Bonchev–Trinajstić information content (AvgIpc) is 3.35. The maximum Gasteiger partial charge on any atom is 0.278 e. The number of carbonyl (C=O) groups is 1. The molecule has 7 heteroatoms. The molecule has 0 atom stereocenters. The molecule has 31 heavy (non-hydrogen) atoms. The summed E-state index contributed by atoms with van der Waals surface area (Å²) in [6.07, 6.45) is 3.41. The number of ether oxygens (including phenoxy) is 1. The number of anilines is 1. The monoisotopic (exact) mass is 416 g/mol. The first-order valence-electron chi connectivity index (χ1n) is 10.0. The highest BCUT2D eigenvalue weighted by Gasteiger charge is 2.21. The van der Waals surface area contributed by atoms with Gasteiger partial charge in [0.1, 0.15) is 18.1 Å². The molecule has 158 valence electrons. The Morgan fingerprint density at radius 3 is 2.65 bits per heavy atom. The average molecular weight is 416 g/mol. The number of carbonyl (C=O) groups excluding carboxylic acids is 1. The van der Waals surface area contributed by atoms with E-state index >= 15 is 0 Å². The van der Waals surface area contributed by atoms with Gasteiger partial charge in [-0.15, -0.1) is 0 Å². The van der Waals surface area contributed by atoms with Crippen LogP contribution in [-0.2, 0) is 13.2 Å². The van der Waals surface area contributed by atoms with E-state index < -0.39 is 0 Å². The fourth-order valence-electron chi connectivity index (χ4n) is 3.20. The van der Waals surface area contributed by atoms with Gasteiger partial charge < -0.3 is 14.6 Å². The molecule has 0 fully saturated rings. The van der Waals surface area contributed by atoms with Crippen LogP contribution in [0.3, 0.4) is 0 Å². The number of aryl methyl sites for hydroxylation is 3. The van der Waals surface area contributed by atoms with Gasteiger partial charge in [0.15, 0.2) is 5.69 Å². The van der Waals surface area contributed by atoms with Crippen LogP contribution >= 0.6 is 0 Å². The fraction of sp³-hybridized carbons (Fsp3) is 0.208. The summed E-state index contributed by atoms with van der Waals surface area (Å²) >= 11 is 0. The van der Waals surface area contributed by atoms with Crippen LogP contribution in [0.5, 0.6) is 5.75 Å². The van der Waals surface area contributed by atoms with Gasteiger partial charge in [0.2, 0.25) is 0 Å². The molecule has 2 aromatic heterocycles. The standard InChI is InChI=1S/C24H24N4O3/c1-16-8-10-21(11-9-16)30-15-22-18(3)31-27-23(22)24(29)26-20-12-25-28(14-20)13-19-7-5-4-6-17(19)2/h4-12,14H,13,15H2,1-3H3,(H,26,29). The Morgan fingerprint density at radius 1 is 1.10 bits per heavy atom. The molecule has 0 spiro atoms. The van der Waals surface area contributed by atoms with Crippen LogP contribution in [0.2, 0.25) is 0 Å². The molecule has 7 nitrogen and oxygen atoms in total. The van der Waals surface area contributed by atoms with Crippen molar-refractivity contribution in [2.24, 2.45) is 0 Å². The van der Waals surface area contributed by atoms with Crippen molar-refractivity contribution < 1.29 is 14.1 Å². The summed E-state index contributed by atoms with van der Waals surface area (Å²) in [5, 5.41) is 11.1. The molecule has 4 rings (SSSR count). The van der Waals surface area contributed by atoms with E-state index in [2.05, 4.69) is 34.6 Å². The molecule has 2 aromatic carbocycles. The molecular formula is C24H24N4O3. The van der Waals surface area contributed by atoms with E-state index in [9.17, 15) is 4.79 Å². The molecule has 0 radical (unpaired) electrons. The Bertz CT molecular complexity index is 1190. The molecule has 0 saturated heterocycles. The predicted octanol–water partition coefficient (Wildman–Crippen LogP) is 4.68. The van der Waals surface area contributed by atoms with Gasteiger partial charge in [-0.1, -0.05) is 47.1 Å². The lowest BCUT2D eigenvalue weighted by molar-refractivity contribution is 0.101. The van der Waals surface area contributed by atoms with Gasteiger partial charge in [-0.25, -0.2) is 0 Å². The van der Waals surface area contributed by atoms with E-state index in [1.54, 1.807) is 24.0 Å². The van der Waals surface area contributed by atoms with Gasteiger partial charge >= 0.3 is 0 Å². The SMILES string of the molecule is Cc1ccc(OCc2c(C(=O)Nc3cnn(Cc4ccccc4C)c3)noc2C)cc1. The van der Waals surface area contributed by atoms with Crippen molar-refractivity contribution in [3.05, 3.63) is 94.6 Å². The first kappa shape index (κ1) is 20.4. The van der Waals surface area contributed by atoms with Crippen LogP contribution in [0.4, 0.5) is 5.69 Å². The van der Waals surface area contributed by atoms with Crippen LogP contribution in [0.15, 0.2) is 65.4 Å². The highest BCUT2D eigenvalue weighted by atomic mass is 16.5. The summed E-state index contributed by atoms with van der Waals surface area (Å²) in [5.74, 6) is 0.900. The number of aromatic nitrogens is 3. The first-order chi connectivity index (χ1) is 15.0.